The van der Waals surface area contributed by atoms with Crippen molar-refractivity contribution in [2.75, 3.05) is 6.61 Å². The van der Waals surface area contributed by atoms with Crippen molar-refractivity contribution < 1.29 is 32.5 Å². The van der Waals surface area contributed by atoms with Crippen LogP contribution in [-0.4, -0.2) is 17.7 Å². The number of hydrogen-bond donors (Lipinski definition) is 1. The maximum atomic E-state index is 13.1. The van der Waals surface area contributed by atoms with Crippen molar-refractivity contribution in [1.82, 2.24) is 0 Å². The van der Waals surface area contributed by atoms with E-state index in [9.17, 15) is 18.0 Å². The minimum absolute atomic E-state index is 0.00122. The van der Waals surface area contributed by atoms with E-state index in [0.29, 0.717) is 36.5 Å². The van der Waals surface area contributed by atoms with Crippen LogP contribution in [0.25, 0.3) is 0 Å². The van der Waals surface area contributed by atoms with Crippen molar-refractivity contribution in [1.29, 1.82) is 0 Å². The Morgan fingerprint density at radius 1 is 1.25 bits per heavy atom. The van der Waals surface area contributed by atoms with Gasteiger partial charge in [-0.2, -0.15) is 13.2 Å². The molecule has 28 heavy (non-hydrogen) atoms. The van der Waals surface area contributed by atoms with Gasteiger partial charge in [0.05, 0.1) is 18.6 Å². The van der Waals surface area contributed by atoms with E-state index < -0.39 is 17.7 Å². The summed E-state index contributed by atoms with van der Waals surface area (Å²) in [7, 11) is 0. The zero-order chi connectivity index (χ0) is 20.1. The summed E-state index contributed by atoms with van der Waals surface area (Å²) in [6, 6.07) is 7.82. The number of carboxylic acids is 1. The molecule has 2 atom stereocenters. The second kappa shape index (κ2) is 6.99. The van der Waals surface area contributed by atoms with Crippen LogP contribution in [0.1, 0.15) is 47.1 Å². The molecule has 0 spiro atoms. The normalized spacial score (nSPS) is 20.4. The van der Waals surface area contributed by atoms with Crippen molar-refractivity contribution in [2.45, 2.75) is 37.5 Å². The SMILES string of the molecule is O=C(O)CC1COc2cc(O[C@@H]3CCc4c3ccc(C(F)(F)F)c4Br)ccc21. The Kier molecular flexibility index (Phi) is 4.77. The Morgan fingerprint density at radius 3 is 2.71 bits per heavy atom. The van der Waals surface area contributed by atoms with Crippen LogP contribution in [0.2, 0.25) is 0 Å². The van der Waals surface area contributed by atoms with Crippen LogP contribution >= 0.6 is 15.9 Å². The van der Waals surface area contributed by atoms with Crippen LogP contribution < -0.4 is 9.47 Å². The van der Waals surface area contributed by atoms with E-state index >= 15 is 0 Å². The number of alkyl halides is 3. The summed E-state index contributed by atoms with van der Waals surface area (Å²) in [4.78, 5) is 10.9. The first-order chi connectivity index (χ1) is 13.2. The molecule has 1 heterocycles. The molecule has 0 aromatic heterocycles. The van der Waals surface area contributed by atoms with Crippen LogP contribution in [0.15, 0.2) is 34.8 Å². The van der Waals surface area contributed by atoms with Gasteiger partial charge in [-0.05, 0) is 52.0 Å². The Balaban J connectivity index is 1.55. The van der Waals surface area contributed by atoms with E-state index in [-0.39, 0.29) is 22.9 Å². The predicted molar refractivity (Wildman–Crippen MR) is 97.8 cm³/mol. The Hall–Kier alpha value is -2.22. The van der Waals surface area contributed by atoms with E-state index in [2.05, 4.69) is 15.9 Å². The fourth-order valence-corrected chi connectivity index (χ4v) is 4.62. The first-order valence-corrected chi connectivity index (χ1v) is 9.57. The number of halogens is 4. The second-order valence-electron chi connectivity index (χ2n) is 6.94. The first kappa shape index (κ1) is 19.1. The zero-order valence-electron chi connectivity index (χ0n) is 14.6. The Morgan fingerprint density at radius 2 is 2.00 bits per heavy atom. The quantitative estimate of drug-likeness (QED) is 0.661. The minimum Gasteiger partial charge on any atom is -0.492 e. The third-order valence-corrected chi connectivity index (χ3v) is 6.06. The average Bonchev–Trinajstić information content (AvgIpc) is 3.19. The topological polar surface area (TPSA) is 55.8 Å². The molecule has 148 valence electrons. The third-order valence-electron chi connectivity index (χ3n) is 5.15. The molecule has 0 bridgehead atoms. The van der Waals surface area contributed by atoms with Gasteiger partial charge in [0.15, 0.2) is 0 Å². The number of aliphatic carboxylic acids is 1. The molecule has 0 fully saturated rings. The molecule has 2 aromatic rings. The summed E-state index contributed by atoms with van der Waals surface area (Å²) in [6.45, 7) is 0.310. The molecule has 8 heteroatoms. The van der Waals surface area contributed by atoms with Gasteiger partial charge in [-0.25, -0.2) is 0 Å². The van der Waals surface area contributed by atoms with Crippen molar-refractivity contribution in [2.24, 2.45) is 0 Å². The fraction of sp³-hybridized carbons (Fsp3) is 0.350. The molecule has 1 N–H and O–H groups in total. The van der Waals surface area contributed by atoms with Gasteiger partial charge in [0.2, 0.25) is 0 Å². The highest BCUT2D eigenvalue weighted by molar-refractivity contribution is 9.10. The van der Waals surface area contributed by atoms with Crippen LogP contribution in [0, 0.1) is 0 Å². The van der Waals surface area contributed by atoms with Gasteiger partial charge < -0.3 is 14.6 Å². The molecule has 0 amide bonds. The highest BCUT2D eigenvalue weighted by Crippen LogP contribution is 2.45. The summed E-state index contributed by atoms with van der Waals surface area (Å²) in [6.07, 6.45) is -3.68. The highest BCUT2D eigenvalue weighted by atomic mass is 79.9. The smallest absolute Gasteiger partial charge is 0.417 e. The molecule has 0 saturated heterocycles. The monoisotopic (exact) mass is 456 g/mol. The maximum absolute atomic E-state index is 13.1. The van der Waals surface area contributed by atoms with Gasteiger partial charge in [-0.15, -0.1) is 0 Å². The van der Waals surface area contributed by atoms with Crippen molar-refractivity contribution in [3.05, 3.63) is 57.1 Å². The van der Waals surface area contributed by atoms with E-state index in [0.717, 1.165) is 17.2 Å². The van der Waals surface area contributed by atoms with Crippen molar-refractivity contribution >= 4 is 21.9 Å². The van der Waals surface area contributed by atoms with Gasteiger partial charge >= 0.3 is 12.1 Å². The second-order valence-corrected chi connectivity index (χ2v) is 7.74. The summed E-state index contributed by atoms with van der Waals surface area (Å²) in [5.74, 6) is 0.0674. The molecule has 2 aliphatic rings. The lowest BCUT2D eigenvalue weighted by atomic mass is 9.98. The Bertz CT molecular complexity index is 942. The van der Waals surface area contributed by atoms with Crippen molar-refractivity contribution in [3.8, 4) is 11.5 Å². The van der Waals surface area contributed by atoms with Crippen LogP contribution in [0.5, 0.6) is 11.5 Å². The molecular weight excluding hydrogens is 441 g/mol. The standard InChI is InChI=1S/C20H16BrF3O4/c21-19-14-4-6-16(13(14)3-5-15(19)20(22,23)24)28-11-1-2-12-10(7-18(25)26)9-27-17(12)8-11/h1-3,5,8,10,16H,4,6-7,9H2,(H,25,26)/t10?,16-/m1/s1. The summed E-state index contributed by atoms with van der Waals surface area (Å²) in [5.41, 5.74) is 1.52. The maximum Gasteiger partial charge on any atom is 0.417 e. The lowest BCUT2D eigenvalue weighted by Gasteiger charge is -2.17. The molecular formula is C20H16BrF3O4. The molecule has 4 rings (SSSR count). The predicted octanol–water partition coefficient (Wildman–Crippen LogP) is 5.48. The van der Waals surface area contributed by atoms with E-state index in [1.807, 2.05) is 0 Å². The van der Waals surface area contributed by atoms with Crippen LogP contribution in [-0.2, 0) is 17.4 Å². The first-order valence-electron chi connectivity index (χ1n) is 8.77. The van der Waals surface area contributed by atoms with Gasteiger partial charge in [-0.1, -0.05) is 12.1 Å². The molecule has 0 radical (unpaired) electrons. The largest absolute Gasteiger partial charge is 0.492 e. The molecule has 1 aliphatic heterocycles. The van der Waals surface area contributed by atoms with Gasteiger partial charge in [0.25, 0.3) is 0 Å². The summed E-state index contributed by atoms with van der Waals surface area (Å²) < 4.78 is 51.0. The molecule has 2 aromatic carbocycles. The van der Waals surface area contributed by atoms with Crippen molar-refractivity contribution in [3.63, 3.8) is 0 Å². The number of ether oxygens (including phenoxy) is 2. The number of benzene rings is 2. The lowest BCUT2D eigenvalue weighted by molar-refractivity contribution is -0.138. The zero-order valence-corrected chi connectivity index (χ0v) is 16.1. The fourth-order valence-electron chi connectivity index (χ4n) is 3.84. The lowest BCUT2D eigenvalue weighted by Crippen LogP contribution is -2.09. The molecule has 1 aliphatic carbocycles. The third kappa shape index (κ3) is 3.45. The molecule has 1 unspecified atom stereocenters. The van der Waals surface area contributed by atoms with E-state index in [1.165, 1.54) is 6.07 Å². The number of carbonyl (C=O) groups is 1. The highest BCUT2D eigenvalue weighted by Gasteiger charge is 2.37. The molecule has 4 nitrogen and oxygen atoms in total. The summed E-state index contributed by atoms with van der Waals surface area (Å²) >= 11 is 3.10. The molecule has 0 saturated carbocycles. The minimum atomic E-state index is -4.41. The van der Waals surface area contributed by atoms with Gasteiger partial charge in [-0.3, -0.25) is 4.79 Å². The van der Waals surface area contributed by atoms with Gasteiger partial charge in [0.1, 0.15) is 17.6 Å². The van der Waals surface area contributed by atoms with Gasteiger partial charge in [0, 0.05) is 22.0 Å². The van der Waals surface area contributed by atoms with Crippen LogP contribution in [0.3, 0.4) is 0 Å². The van der Waals surface area contributed by atoms with E-state index in [4.69, 9.17) is 14.6 Å². The van der Waals surface area contributed by atoms with E-state index in [1.54, 1.807) is 18.2 Å². The Labute approximate surface area is 167 Å². The number of hydrogen-bond acceptors (Lipinski definition) is 3. The number of rotatable bonds is 4. The number of fused-ring (bicyclic) bond motifs is 2. The number of carboxylic acid groups (broad SMARTS) is 1. The summed E-state index contributed by atoms with van der Waals surface area (Å²) in [5, 5.41) is 8.97. The van der Waals surface area contributed by atoms with Crippen LogP contribution in [0.4, 0.5) is 13.2 Å². The average molecular weight is 457 g/mol.